The van der Waals surface area contributed by atoms with Crippen LogP contribution in [0.25, 0.3) is 0 Å². The van der Waals surface area contributed by atoms with Crippen molar-refractivity contribution in [1.29, 1.82) is 0 Å². The highest BCUT2D eigenvalue weighted by atomic mass is 16.5. The molecule has 2 aliphatic heterocycles. The summed E-state index contributed by atoms with van der Waals surface area (Å²) in [6, 6.07) is 3.44. The number of benzene rings is 1. The Hall–Kier alpha value is -3.55. The van der Waals surface area contributed by atoms with E-state index in [1.54, 1.807) is 30.5 Å². The first kappa shape index (κ1) is 18.2. The number of fused-ring (bicyclic) bond motifs is 1. The molecule has 8 heteroatoms. The van der Waals surface area contributed by atoms with Crippen LogP contribution in [0.3, 0.4) is 0 Å². The number of carbonyl (C=O) groups is 3. The second kappa shape index (κ2) is 7.36. The van der Waals surface area contributed by atoms with E-state index in [4.69, 9.17) is 14.2 Å². The molecular weight excluding hydrogens is 352 g/mol. The molecule has 0 fully saturated rings. The molecule has 1 N–H and O–H groups in total. The van der Waals surface area contributed by atoms with Crippen molar-refractivity contribution in [1.82, 2.24) is 0 Å². The van der Waals surface area contributed by atoms with E-state index in [0.717, 1.165) is 5.56 Å². The minimum Gasteiger partial charge on any atom is -0.481 e. The summed E-state index contributed by atoms with van der Waals surface area (Å²) in [6.45, 7) is 1.77. The first-order valence-corrected chi connectivity index (χ1v) is 8.08. The first-order valence-electron chi connectivity index (χ1n) is 8.08. The number of anilines is 2. The van der Waals surface area contributed by atoms with Gasteiger partial charge in [0.1, 0.15) is 11.4 Å². The summed E-state index contributed by atoms with van der Waals surface area (Å²) in [6.07, 6.45) is 6.38. The SMILES string of the molecule is COC(=O)C1=C(C(=O)OC)N(c2cc(C)c3c(c2)NC(=O)CO3)C=CC=C1. The van der Waals surface area contributed by atoms with Crippen molar-refractivity contribution < 1.29 is 28.6 Å². The molecule has 0 saturated carbocycles. The van der Waals surface area contributed by atoms with Crippen molar-refractivity contribution >= 4 is 29.2 Å². The monoisotopic (exact) mass is 370 g/mol. The minimum absolute atomic E-state index is 0.00301. The van der Waals surface area contributed by atoms with Gasteiger partial charge in [-0.15, -0.1) is 0 Å². The largest absolute Gasteiger partial charge is 0.481 e. The van der Waals surface area contributed by atoms with Crippen LogP contribution in [0.15, 0.2) is 47.8 Å². The van der Waals surface area contributed by atoms with Gasteiger partial charge < -0.3 is 24.4 Å². The summed E-state index contributed by atoms with van der Waals surface area (Å²) in [5.74, 6) is -1.09. The fourth-order valence-corrected chi connectivity index (χ4v) is 2.87. The summed E-state index contributed by atoms with van der Waals surface area (Å²) in [4.78, 5) is 37.8. The lowest BCUT2D eigenvalue weighted by Gasteiger charge is -2.26. The van der Waals surface area contributed by atoms with Gasteiger partial charge in [0, 0.05) is 11.9 Å². The molecule has 0 saturated heterocycles. The zero-order chi connectivity index (χ0) is 19.6. The van der Waals surface area contributed by atoms with Gasteiger partial charge in [0.15, 0.2) is 6.61 Å². The molecule has 1 aromatic carbocycles. The van der Waals surface area contributed by atoms with E-state index in [-0.39, 0.29) is 23.8 Å². The second-order valence-electron chi connectivity index (χ2n) is 5.79. The van der Waals surface area contributed by atoms with Crippen molar-refractivity contribution in [2.24, 2.45) is 0 Å². The molecule has 2 heterocycles. The van der Waals surface area contributed by atoms with Gasteiger partial charge in [0.05, 0.1) is 25.5 Å². The fourth-order valence-electron chi connectivity index (χ4n) is 2.87. The van der Waals surface area contributed by atoms with Gasteiger partial charge in [-0.1, -0.05) is 6.08 Å². The first-order chi connectivity index (χ1) is 13.0. The highest BCUT2D eigenvalue weighted by Gasteiger charge is 2.29. The number of carbonyl (C=O) groups excluding carboxylic acids is 3. The quantitative estimate of drug-likeness (QED) is 0.811. The molecule has 1 aromatic rings. The third kappa shape index (κ3) is 3.41. The summed E-state index contributed by atoms with van der Waals surface area (Å²) >= 11 is 0. The maximum absolute atomic E-state index is 12.5. The Morgan fingerprint density at radius 3 is 2.59 bits per heavy atom. The molecule has 0 bridgehead atoms. The molecule has 27 heavy (non-hydrogen) atoms. The Morgan fingerprint density at radius 1 is 1.15 bits per heavy atom. The summed E-state index contributed by atoms with van der Waals surface area (Å²) in [7, 11) is 2.46. The summed E-state index contributed by atoms with van der Waals surface area (Å²) in [5, 5.41) is 2.74. The van der Waals surface area contributed by atoms with Crippen molar-refractivity contribution in [2.45, 2.75) is 6.92 Å². The third-order valence-electron chi connectivity index (χ3n) is 4.05. The molecule has 8 nitrogen and oxygen atoms in total. The predicted molar refractivity (Wildman–Crippen MR) is 97.1 cm³/mol. The Morgan fingerprint density at radius 2 is 1.89 bits per heavy atom. The Bertz CT molecular complexity index is 913. The van der Waals surface area contributed by atoms with Gasteiger partial charge >= 0.3 is 11.9 Å². The number of allylic oxidation sites excluding steroid dienone is 2. The molecule has 0 radical (unpaired) electrons. The van der Waals surface area contributed by atoms with Crippen LogP contribution in [0.5, 0.6) is 5.75 Å². The fraction of sp³-hybridized carbons (Fsp3) is 0.211. The van der Waals surface area contributed by atoms with Crippen molar-refractivity contribution in [3.63, 3.8) is 0 Å². The molecule has 0 aliphatic carbocycles. The van der Waals surface area contributed by atoms with Crippen molar-refractivity contribution in [3.8, 4) is 5.75 Å². The number of rotatable bonds is 3. The lowest BCUT2D eigenvalue weighted by atomic mass is 10.1. The topological polar surface area (TPSA) is 94.2 Å². The molecule has 0 spiro atoms. The Balaban J connectivity index is 2.17. The Kier molecular flexibility index (Phi) is 4.98. The zero-order valence-corrected chi connectivity index (χ0v) is 15.1. The lowest BCUT2D eigenvalue weighted by molar-refractivity contribution is -0.139. The van der Waals surface area contributed by atoms with Crippen LogP contribution in [-0.4, -0.2) is 38.7 Å². The molecule has 0 unspecified atom stereocenters. The number of nitrogens with zero attached hydrogens (tertiary/aromatic N) is 1. The predicted octanol–water partition coefficient (Wildman–Crippen LogP) is 1.82. The average Bonchev–Trinajstić information content (AvgIpc) is 2.89. The number of methoxy groups -OCH3 is 2. The molecule has 0 aromatic heterocycles. The van der Waals surface area contributed by atoms with Crippen molar-refractivity contribution in [3.05, 3.63) is 53.4 Å². The summed E-state index contributed by atoms with van der Waals surface area (Å²) in [5.41, 5.74) is 1.83. The van der Waals surface area contributed by atoms with Gasteiger partial charge in [0.2, 0.25) is 0 Å². The second-order valence-corrected chi connectivity index (χ2v) is 5.79. The van der Waals surface area contributed by atoms with E-state index in [0.29, 0.717) is 17.1 Å². The number of esters is 2. The highest BCUT2D eigenvalue weighted by Crippen LogP contribution is 2.37. The Labute approximate surface area is 155 Å². The van der Waals surface area contributed by atoms with Gasteiger partial charge in [-0.3, -0.25) is 4.79 Å². The van der Waals surface area contributed by atoms with Crippen LogP contribution in [0, 0.1) is 6.92 Å². The maximum Gasteiger partial charge on any atom is 0.355 e. The molecule has 0 atom stereocenters. The van der Waals surface area contributed by atoms with E-state index >= 15 is 0 Å². The van der Waals surface area contributed by atoms with Gasteiger partial charge in [-0.25, -0.2) is 9.59 Å². The van der Waals surface area contributed by atoms with E-state index < -0.39 is 11.9 Å². The maximum atomic E-state index is 12.5. The van der Waals surface area contributed by atoms with Crippen LogP contribution in [-0.2, 0) is 23.9 Å². The number of amides is 1. The van der Waals surface area contributed by atoms with Gasteiger partial charge in [0.25, 0.3) is 5.91 Å². The number of nitrogens with one attached hydrogen (secondary N) is 1. The molecule has 3 rings (SSSR count). The zero-order valence-electron chi connectivity index (χ0n) is 15.1. The van der Waals surface area contributed by atoms with E-state index in [2.05, 4.69) is 5.32 Å². The van der Waals surface area contributed by atoms with Crippen LogP contribution >= 0.6 is 0 Å². The molecule has 2 aliphatic rings. The van der Waals surface area contributed by atoms with Gasteiger partial charge in [-0.2, -0.15) is 0 Å². The number of hydrogen-bond acceptors (Lipinski definition) is 7. The van der Waals surface area contributed by atoms with Crippen LogP contribution in [0.2, 0.25) is 0 Å². The lowest BCUT2D eigenvalue weighted by Crippen LogP contribution is -2.28. The highest BCUT2D eigenvalue weighted by molar-refractivity contribution is 6.06. The van der Waals surface area contributed by atoms with E-state index in [1.165, 1.54) is 25.2 Å². The standard InChI is InChI=1S/C19H18N2O6/c1-11-8-12(9-14-17(11)27-10-15(22)20-14)21-7-5-4-6-13(18(23)25-2)16(21)19(24)26-3/h4-9H,10H2,1-3H3,(H,20,22). The van der Waals surface area contributed by atoms with Crippen molar-refractivity contribution in [2.75, 3.05) is 31.0 Å². The van der Waals surface area contributed by atoms with Gasteiger partial charge in [-0.05, 0) is 36.8 Å². The minimum atomic E-state index is -0.706. The normalized spacial score (nSPS) is 15.5. The van der Waals surface area contributed by atoms with Crippen LogP contribution in [0.4, 0.5) is 11.4 Å². The van der Waals surface area contributed by atoms with E-state index in [9.17, 15) is 14.4 Å². The number of aryl methyl sites for hydroxylation is 1. The number of hydrogen-bond donors (Lipinski definition) is 1. The van der Waals surface area contributed by atoms with E-state index in [1.807, 2.05) is 6.92 Å². The molecule has 1 amide bonds. The average molecular weight is 370 g/mol. The molecular formula is C19H18N2O6. The van der Waals surface area contributed by atoms with Crippen LogP contribution < -0.4 is 15.0 Å². The molecule has 140 valence electrons. The smallest absolute Gasteiger partial charge is 0.355 e. The third-order valence-corrected chi connectivity index (χ3v) is 4.05. The number of ether oxygens (including phenoxy) is 3. The summed E-state index contributed by atoms with van der Waals surface area (Å²) < 4.78 is 15.1. The van der Waals surface area contributed by atoms with Crippen LogP contribution in [0.1, 0.15) is 5.56 Å².